The van der Waals surface area contributed by atoms with E-state index in [4.69, 9.17) is 4.74 Å². The molecule has 1 aliphatic rings. The summed E-state index contributed by atoms with van der Waals surface area (Å²) in [5.74, 6) is -0.280. The molecule has 3 heterocycles. The number of hydrogen-bond donors (Lipinski definition) is 0. The van der Waals surface area contributed by atoms with Gasteiger partial charge in [0, 0.05) is 25.5 Å². The van der Waals surface area contributed by atoms with Crippen LogP contribution in [0.25, 0.3) is 5.52 Å². The Hall–Kier alpha value is -2.00. The molecule has 2 aromatic rings. The van der Waals surface area contributed by atoms with Crippen LogP contribution in [0.5, 0.6) is 0 Å². The van der Waals surface area contributed by atoms with E-state index in [1.807, 2.05) is 0 Å². The lowest BCUT2D eigenvalue weighted by Crippen LogP contribution is -2.47. The summed E-state index contributed by atoms with van der Waals surface area (Å²) in [5, 5.41) is 8.07. The number of carbonyl (C=O) groups excluding carboxylic acids is 1. The molecule has 2 aromatic heterocycles. The fourth-order valence-electron chi connectivity index (χ4n) is 2.51. The molecule has 9 heteroatoms. The van der Waals surface area contributed by atoms with Gasteiger partial charge in [-0.05, 0) is 12.1 Å². The second-order valence-corrected chi connectivity index (χ2v) is 7.48. The predicted molar refractivity (Wildman–Crippen MR) is 78.3 cm³/mol. The van der Waals surface area contributed by atoms with E-state index in [-0.39, 0.29) is 18.2 Å². The summed E-state index contributed by atoms with van der Waals surface area (Å²) >= 11 is 0. The lowest BCUT2D eigenvalue weighted by atomic mass is 10.2. The van der Waals surface area contributed by atoms with Gasteiger partial charge in [0.1, 0.15) is 15.4 Å². The maximum absolute atomic E-state index is 12.6. The number of fused-ring (bicyclic) bond motifs is 1. The molecule has 0 bridgehead atoms. The van der Waals surface area contributed by atoms with Crippen molar-refractivity contribution in [2.45, 2.75) is 6.10 Å². The maximum Gasteiger partial charge on any atom is 0.257 e. The van der Waals surface area contributed by atoms with Crippen LogP contribution in [-0.4, -0.2) is 71.9 Å². The van der Waals surface area contributed by atoms with Crippen molar-refractivity contribution >= 4 is 21.3 Å². The lowest BCUT2D eigenvalue weighted by molar-refractivity contribution is -0.0108. The minimum absolute atomic E-state index is 0.0902. The summed E-state index contributed by atoms with van der Waals surface area (Å²) in [6.07, 6.45) is 3.73. The zero-order valence-corrected chi connectivity index (χ0v) is 12.9. The van der Waals surface area contributed by atoms with E-state index in [0.29, 0.717) is 24.2 Å². The zero-order valence-electron chi connectivity index (χ0n) is 12.0. The second kappa shape index (κ2) is 5.65. The van der Waals surface area contributed by atoms with Gasteiger partial charge in [0.2, 0.25) is 0 Å². The van der Waals surface area contributed by atoms with Gasteiger partial charge in [-0.2, -0.15) is 14.8 Å². The normalized spacial score (nSPS) is 19.5. The molecule has 22 heavy (non-hydrogen) atoms. The molecule has 0 saturated carbocycles. The molecule has 8 nitrogen and oxygen atoms in total. The van der Waals surface area contributed by atoms with Gasteiger partial charge >= 0.3 is 0 Å². The lowest BCUT2D eigenvalue weighted by Gasteiger charge is -2.32. The Morgan fingerprint density at radius 1 is 1.45 bits per heavy atom. The molecule has 1 amide bonds. The van der Waals surface area contributed by atoms with Gasteiger partial charge in [-0.1, -0.05) is 0 Å². The summed E-state index contributed by atoms with van der Waals surface area (Å²) in [4.78, 5) is 14.2. The van der Waals surface area contributed by atoms with Crippen LogP contribution in [0.3, 0.4) is 0 Å². The van der Waals surface area contributed by atoms with E-state index in [9.17, 15) is 13.2 Å². The van der Waals surface area contributed by atoms with E-state index in [2.05, 4.69) is 10.2 Å². The topological polar surface area (TPSA) is 93.9 Å². The summed E-state index contributed by atoms with van der Waals surface area (Å²) in [7, 11) is -3.15. The first-order valence-electron chi connectivity index (χ1n) is 6.82. The number of carbonyl (C=O) groups is 1. The fraction of sp³-hybridized carbons (Fsp3) is 0.462. The van der Waals surface area contributed by atoms with E-state index in [1.54, 1.807) is 23.2 Å². The molecule has 118 valence electrons. The number of aromatic nitrogens is 3. The Morgan fingerprint density at radius 3 is 3.05 bits per heavy atom. The minimum Gasteiger partial charge on any atom is -0.373 e. The number of sulfone groups is 1. The molecular weight excluding hydrogens is 308 g/mol. The molecule has 0 N–H and O–H groups in total. The highest BCUT2D eigenvalue weighted by Crippen LogP contribution is 2.15. The number of nitrogens with zero attached hydrogens (tertiary/aromatic N) is 4. The summed E-state index contributed by atoms with van der Waals surface area (Å²) in [6.45, 7) is 1.00. The van der Waals surface area contributed by atoms with Crippen LogP contribution in [0, 0.1) is 0 Å². The average molecular weight is 324 g/mol. The van der Waals surface area contributed by atoms with Crippen molar-refractivity contribution in [2.75, 3.05) is 31.7 Å². The first kappa shape index (κ1) is 14.9. The van der Waals surface area contributed by atoms with Crippen LogP contribution in [0.4, 0.5) is 0 Å². The molecule has 1 saturated heterocycles. The van der Waals surface area contributed by atoms with Gasteiger partial charge in [-0.25, -0.2) is 8.42 Å². The van der Waals surface area contributed by atoms with Crippen molar-refractivity contribution in [3.05, 3.63) is 30.1 Å². The number of amides is 1. The number of hydrogen-bond acceptors (Lipinski definition) is 6. The molecule has 3 rings (SSSR count). The van der Waals surface area contributed by atoms with Crippen LogP contribution in [0.15, 0.2) is 24.5 Å². The highest BCUT2D eigenvalue weighted by molar-refractivity contribution is 7.90. The molecule has 1 aliphatic heterocycles. The first-order valence-corrected chi connectivity index (χ1v) is 8.88. The Morgan fingerprint density at radius 2 is 2.27 bits per heavy atom. The maximum atomic E-state index is 12.6. The molecule has 0 spiro atoms. The third-order valence-electron chi connectivity index (χ3n) is 3.45. The van der Waals surface area contributed by atoms with Crippen LogP contribution in [0.1, 0.15) is 10.4 Å². The van der Waals surface area contributed by atoms with Gasteiger partial charge < -0.3 is 9.64 Å². The van der Waals surface area contributed by atoms with Gasteiger partial charge in [0.05, 0.1) is 30.2 Å². The van der Waals surface area contributed by atoms with Crippen molar-refractivity contribution < 1.29 is 17.9 Å². The van der Waals surface area contributed by atoms with Crippen molar-refractivity contribution in [1.29, 1.82) is 0 Å². The predicted octanol–water partition coefficient (Wildman–Crippen LogP) is -0.385. The van der Waals surface area contributed by atoms with Crippen molar-refractivity contribution in [1.82, 2.24) is 19.7 Å². The minimum atomic E-state index is -3.15. The van der Waals surface area contributed by atoms with Crippen LogP contribution >= 0.6 is 0 Å². The van der Waals surface area contributed by atoms with Crippen molar-refractivity contribution in [2.24, 2.45) is 0 Å². The number of rotatable bonds is 3. The molecule has 0 aromatic carbocycles. The molecule has 1 unspecified atom stereocenters. The Bertz CT molecular complexity index is 801. The van der Waals surface area contributed by atoms with E-state index in [1.165, 1.54) is 10.8 Å². The summed E-state index contributed by atoms with van der Waals surface area (Å²) < 4.78 is 29.6. The standard InChI is InChI=1S/C13H16N4O4S/c1-22(19,20)9-10-8-16(5-6-21-10)13(18)11-7-15-17-12(11)3-2-4-14-17/h2-4,7,10H,5-6,8-9H2,1H3. The molecule has 0 aliphatic carbocycles. The average Bonchev–Trinajstić information content (AvgIpc) is 2.89. The first-order chi connectivity index (χ1) is 10.4. The molecular formula is C13H16N4O4S. The summed E-state index contributed by atoms with van der Waals surface area (Å²) in [5.41, 5.74) is 1.08. The smallest absolute Gasteiger partial charge is 0.257 e. The molecule has 1 atom stereocenters. The Balaban J connectivity index is 1.80. The van der Waals surface area contributed by atoms with Crippen molar-refractivity contribution in [3.8, 4) is 0 Å². The number of ether oxygens (including phenoxy) is 1. The third kappa shape index (κ3) is 3.09. The van der Waals surface area contributed by atoms with Gasteiger partial charge in [0.15, 0.2) is 0 Å². The van der Waals surface area contributed by atoms with Gasteiger partial charge in [0.25, 0.3) is 5.91 Å². The zero-order chi connectivity index (χ0) is 15.7. The summed E-state index contributed by atoms with van der Waals surface area (Å²) in [6, 6.07) is 3.50. The van der Waals surface area contributed by atoms with Crippen molar-refractivity contribution in [3.63, 3.8) is 0 Å². The molecule has 1 fully saturated rings. The second-order valence-electron chi connectivity index (χ2n) is 5.29. The Kier molecular flexibility index (Phi) is 3.83. The number of morpholine rings is 1. The highest BCUT2D eigenvalue weighted by Gasteiger charge is 2.28. The quantitative estimate of drug-likeness (QED) is 0.763. The SMILES string of the molecule is CS(=O)(=O)CC1CN(C(=O)c2cnn3ncccc23)CCO1. The van der Waals surface area contributed by atoms with Gasteiger partial charge in [-0.15, -0.1) is 0 Å². The van der Waals surface area contributed by atoms with E-state index in [0.717, 1.165) is 6.26 Å². The largest absolute Gasteiger partial charge is 0.373 e. The van der Waals surface area contributed by atoms with E-state index < -0.39 is 15.9 Å². The third-order valence-corrected chi connectivity index (χ3v) is 4.43. The highest BCUT2D eigenvalue weighted by atomic mass is 32.2. The fourth-order valence-corrected chi connectivity index (χ4v) is 3.39. The van der Waals surface area contributed by atoms with Crippen LogP contribution in [0.2, 0.25) is 0 Å². The molecule has 0 radical (unpaired) electrons. The van der Waals surface area contributed by atoms with Crippen LogP contribution in [-0.2, 0) is 14.6 Å². The Labute approximate surface area is 127 Å². The van der Waals surface area contributed by atoms with Gasteiger partial charge in [-0.3, -0.25) is 4.79 Å². The monoisotopic (exact) mass is 324 g/mol. The van der Waals surface area contributed by atoms with E-state index >= 15 is 0 Å². The van der Waals surface area contributed by atoms with Crippen LogP contribution < -0.4 is 0 Å².